The number of hydrogen-bond acceptors (Lipinski definition) is 2. The quantitative estimate of drug-likeness (QED) is 0.491. The predicted octanol–water partition coefficient (Wildman–Crippen LogP) is 7.46. The van der Waals surface area contributed by atoms with E-state index >= 15 is 0 Å². The molecule has 0 bridgehead atoms. The minimum Gasteiger partial charge on any atom is -0.374 e. The zero-order chi connectivity index (χ0) is 21.8. The fourth-order valence-electron chi connectivity index (χ4n) is 5.60. The van der Waals surface area contributed by atoms with E-state index in [0.29, 0.717) is 59.9 Å². The largest absolute Gasteiger partial charge is 0.374 e. The number of rotatable bonds is 4. The van der Waals surface area contributed by atoms with Crippen LogP contribution in [0.25, 0.3) is 0 Å². The standard InChI is InChI=1S/2C13H26O/c2*1-7-12-10(5)9(4)11(6)13(14-12)8(2)3/h2*8-13H,7H2,1-6H3/t2*9?,10-,11-,12?,13?/m10/s1. The molecule has 0 amide bonds. The molecule has 0 aromatic carbocycles. The van der Waals surface area contributed by atoms with E-state index in [1.165, 1.54) is 0 Å². The van der Waals surface area contributed by atoms with Crippen molar-refractivity contribution in [2.45, 2.75) is 120 Å². The van der Waals surface area contributed by atoms with Crippen LogP contribution in [0.5, 0.6) is 0 Å². The Morgan fingerprint density at radius 2 is 0.786 bits per heavy atom. The maximum absolute atomic E-state index is 6.19. The van der Waals surface area contributed by atoms with E-state index in [9.17, 15) is 0 Å². The van der Waals surface area contributed by atoms with Crippen molar-refractivity contribution in [1.82, 2.24) is 0 Å². The van der Waals surface area contributed by atoms with E-state index in [4.69, 9.17) is 9.47 Å². The van der Waals surface area contributed by atoms with Crippen LogP contribution in [-0.2, 0) is 9.47 Å². The van der Waals surface area contributed by atoms with Crippen molar-refractivity contribution in [3.05, 3.63) is 0 Å². The first-order chi connectivity index (χ1) is 13.0. The van der Waals surface area contributed by atoms with Gasteiger partial charge in [0, 0.05) is 0 Å². The summed E-state index contributed by atoms with van der Waals surface area (Å²) >= 11 is 0. The van der Waals surface area contributed by atoms with Crippen LogP contribution in [-0.4, -0.2) is 24.4 Å². The Morgan fingerprint density at radius 3 is 1.00 bits per heavy atom. The molecule has 0 aromatic rings. The fraction of sp³-hybridized carbons (Fsp3) is 1.00. The summed E-state index contributed by atoms with van der Waals surface area (Å²) in [6, 6.07) is 0. The molecule has 0 aliphatic carbocycles. The molecule has 168 valence electrons. The van der Waals surface area contributed by atoms with Crippen LogP contribution >= 0.6 is 0 Å². The lowest BCUT2D eigenvalue weighted by Gasteiger charge is -2.45. The average molecular weight is 397 g/mol. The second-order valence-corrected chi connectivity index (χ2v) is 10.7. The Morgan fingerprint density at radius 1 is 0.500 bits per heavy atom. The molecule has 6 unspecified atom stereocenters. The summed E-state index contributed by atoms with van der Waals surface area (Å²) in [6.07, 6.45) is 4.20. The molecule has 2 heteroatoms. The molecule has 0 N–H and O–H groups in total. The molecule has 0 spiro atoms. The summed E-state index contributed by atoms with van der Waals surface area (Å²) in [5, 5.41) is 0. The van der Waals surface area contributed by atoms with Crippen molar-refractivity contribution in [2.75, 3.05) is 0 Å². The first kappa shape index (κ1) is 26.0. The lowest BCUT2D eigenvalue weighted by Crippen LogP contribution is -2.46. The van der Waals surface area contributed by atoms with Crippen LogP contribution in [0.4, 0.5) is 0 Å². The van der Waals surface area contributed by atoms with Gasteiger partial charge < -0.3 is 9.47 Å². The third-order valence-electron chi connectivity index (χ3n) is 8.31. The molecule has 28 heavy (non-hydrogen) atoms. The second-order valence-electron chi connectivity index (χ2n) is 10.7. The summed E-state index contributed by atoms with van der Waals surface area (Å²) in [5.41, 5.74) is 0. The summed E-state index contributed by atoms with van der Waals surface area (Å²) in [7, 11) is 0. The molecule has 2 aliphatic rings. The van der Waals surface area contributed by atoms with Crippen molar-refractivity contribution in [3.8, 4) is 0 Å². The Kier molecular flexibility index (Phi) is 10.5. The van der Waals surface area contributed by atoms with Crippen molar-refractivity contribution in [2.24, 2.45) is 47.3 Å². The highest BCUT2D eigenvalue weighted by Gasteiger charge is 2.40. The van der Waals surface area contributed by atoms with Crippen molar-refractivity contribution in [3.63, 3.8) is 0 Å². The summed E-state index contributed by atoms with van der Waals surface area (Å²) < 4.78 is 12.4. The first-order valence-corrected chi connectivity index (χ1v) is 12.3. The molecule has 2 aliphatic heterocycles. The van der Waals surface area contributed by atoms with Gasteiger partial charge in [0.1, 0.15) is 0 Å². The van der Waals surface area contributed by atoms with E-state index in [1.807, 2.05) is 0 Å². The number of ether oxygens (including phenoxy) is 2. The molecule has 2 nitrogen and oxygen atoms in total. The molecule has 0 radical (unpaired) electrons. The van der Waals surface area contributed by atoms with E-state index < -0.39 is 0 Å². The van der Waals surface area contributed by atoms with E-state index in [1.54, 1.807) is 0 Å². The smallest absolute Gasteiger partial charge is 0.0630 e. The van der Waals surface area contributed by atoms with Gasteiger partial charge in [0.2, 0.25) is 0 Å². The Bertz CT molecular complexity index is 388. The molecule has 2 fully saturated rings. The zero-order valence-corrected chi connectivity index (χ0v) is 21.2. The van der Waals surface area contributed by atoms with Gasteiger partial charge in [-0.15, -0.1) is 0 Å². The van der Waals surface area contributed by atoms with Gasteiger partial charge in [-0.05, 0) is 60.2 Å². The summed E-state index contributed by atoms with van der Waals surface area (Å²) in [5.74, 6) is 5.71. The summed E-state index contributed by atoms with van der Waals surface area (Å²) in [4.78, 5) is 0. The van der Waals surface area contributed by atoms with Gasteiger partial charge in [0.05, 0.1) is 24.4 Å². The molecular weight excluding hydrogens is 344 g/mol. The highest BCUT2D eigenvalue weighted by atomic mass is 16.5. The molecule has 2 rings (SSSR count). The van der Waals surface area contributed by atoms with E-state index in [0.717, 1.165) is 24.7 Å². The Labute approximate surface area is 177 Å². The van der Waals surface area contributed by atoms with Crippen LogP contribution < -0.4 is 0 Å². The van der Waals surface area contributed by atoms with Gasteiger partial charge in [-0.3, -0.25) is 0 Å². The van der Waals surface area contributed by atoms with Crippen LogP contribution in [0, 0.1) is 47.3 Å². The Hall–Kier alpha value is -0.0800. The fourth-order valence-corrected chi connectivity index (χ4v) is 5.60. The van der Waals surface area contributed by atoms with Gasteiger partial charge in [-0.1, -0.05) is 83.1 Å². The SMILES string of the molecule is CCC1OC(C(C)C)[C@@H](C)C(C)[C@@H]1C.CCC1OC(C(C)C)[C@H](C)C(C)[C@H]1C. The van der Waals surface area contributed by atoms with Gasteiger partial charge in [0.25, 0.3) is 0 Å². The molecule has 2 saturated heterocycles. The molecule has 10 atom stereocenters. The van der Waals surface area contributed by atoms with Gasteiger partial charge in [-0.2, -0.15) is 0 Å². The van der Waals surface area contributed by atoms with E-state index in [2.05, 4.69) is 83.1 Å². The molecular formula is C26H52O2. The van der Waals surface area contributed by atoms with Gasteiger partial charge >= 0.3 is 0 Å². The molecule has 0 aromatic heterocycles. The highest BCUT2D eigenvalue weighted by Crippen LogP contribution is 2.39. The Balaban J connectivity index is 0.000000280. The third kappa shape index (κ3) is 5.97. The minimum atomic E-state index is 0.464. The van der Waals surface area contributed by atoms with Crippen molar-refractivity contribution in [1.29, 1.82) is 0 Å². The van der Waals surface area contributed by atoms with E-state index in [-0.39, 0.29) is 0 Å². The van der Waals surface area contributed by atoms with Crippen LogP contribution in [0.1, 0.15) is 95.9 Å². The average Bonchev–Trinajstić information content (AvgIpc) is 2.64. The van der Waals surface area contributed by atoms with Crippen molar-refractivity contribution >= 4 is 0 Å². The predicted molar refractivity (Wildman–Crippen MR) is 123 cm³/mol. The third-order valence-corrected chi connectivity index (χ3v) is 8.31. The summed E-state index contributed by atoms with van der Waals surface area (Å²) in [6.45, 7) is 27.7. The van der Waals surface area contributed by atoms with Crippen LogP contribution in [0.3, 0.4) is 0 Å². The van der Waals surface area contributed by atoms with Gasteiger partial charge in [0.15, 0.2) is 0 Å². The molecule has 2 heterocycles. The van der Waals surface area contributed by atoms with Crippen molar-refractivity contribution < 1.29 is 9.47 Å². The normalized spacial score (nSPS) is 44.4. The lowest BCUT2D eigenvalue weighted by molar-refractivity contribution is -0.150. The monoisotopic (exact) mass is 396 g/mol. The maximum atomic E-state index is 6.19. The zero-order valence-electron chi connectivity index (χ0n) is 21.2. The first-order valence-electron chi connectivity index (χ1n) is 12.3. The van der Waals surface area contributed by atoms with Crippen LogP contribution in [0.15, 0.2) is 0 Å². The van der Waals surface area contributed by atoms with Gasteiger partial charge in [-0.25, -0.2) is 0 Å². The van der Waals surface area contributed by atoms with Crippen LogP contribution in [0.2, 0.25) is 0 Å². The lowest BCUT2D eigenvalue weighted by atomic mass is 9.73. The second kappa shape index (κ2) is 11.3. The number of hydrogen-bond donors (Lipinski definition) is 0. The highest BCUT2D eigenvalue weighted by molar-refractivity contribution is 4.87. The molecule has 0 saturated carbocycles. The maximum Gasteiger partial charge on any atom is 0.0630 e. The topological polar surface area (TPSA) is 18.5 Å². The minimum absolute atomic E-state index is 0.464.